The maximum Gasteiger partial charge on any atom is 0.604 e. The zero-order chi connectivity index (χ0) is 19.1. The fourth-order valence-electron chi connectivity index (χ4n) is 4.08. The van der Waals surface area contributed by atoms with Gasteiger partial charge in [0.1, 0.15) is 4.90 Å². The van der Waals surface area contributed by atoms with E-state index in [1.807, 2.05) is 0 Å². The molecule has 3 heterocycles. The van der Waals surface area contributed by atoms with Crippen LogP contribution in [0.5, 0.6) is 0 Å². The number of nitrogens with zero attached hydrogens (tertiary/aromatic N) is 2. The molecule has 26 heavy (non-hydrogen) atoms. The lowest BCUT2D eigenvalue weighted by Gasteiger charge is -2.17. The molecule has 0 saturated carbocycles. The van der Waals surface area contributed by atoms with Gasteiger partial charge < -0.3 is 9.95 Å². The van der Waals surface area contributed by atoms with Gasteiger partial charge in [-0.3, -0.25) is 13.6 Å². The topological polar surface area (TPSA) is 148 Å². The average Bonchev–Trinajstić information content (AvgIpc) is 2.82. The summed E-state index contributed by atoms with van der Waals surface area (Å²) in [5.74, 6) is 0. The van der Waals surface area contributed by atoms with Crippen molar-refractivity contribution < 1.29 is 35.9 Å². The zero-order valence-electron chi connectivity index (χ0n) is 14.9. The Morgan fingerprint density at radius 1 is 0.923 bits per heavy atom. The highest BCUT2D eigenvalue weighted by molar-refractivity contribution is 7.91. The molecule has 0 bridgehead atoms. The third-order valence-corrected chi connectivity index (χ3v) is 7.14. The molecule has 2 aliphatic rings. The van der Waals surface area contributed by atoms with Gasteiger partial charge in [0, 0.05) is 29.5 Å². The summed E-state index contributed by atoms with van der Waals surface area (Å²) in [5.41, 5.74) is 3.50. The molecule has 0 fully saturated rings. The van der Waals surface area contributed by atoms with Crippen molar-refractivity contribution in [1.29, 1.82) is 0 Å². The summed E-state index contributed by atoms with van der Waals surface area (Å²) in [6.45, 7) is 8.16. The van der Waals surface area contributed by atoms with Crippen LogP contribution >= 0.6 is 0 Å². The highest BCUT2D eigenvalue weighted by Crippen LogP contribution is 2.40. The Balaban J connectivity index is 0.00000243. The predicted molar refractivity (Wildman–Crippen MR) is 97.7 cm³/mol. The Hall–Kier alpha value is -1.73. The Morgan fingerprint density at radius 3 is 1.92 bits per heavy atom. The van der Waals surface area contributed by atoms with E-state index >= 15 is 0 Å². The summed E-state index contributed by atoms with van der Waals surface area (Å²) in [6, 6.07) is 0. The molecule has 0 amide bonds. The van der Waals surface area contributed by atoms with Gasteiger partial charge in [-0.25, -0.2) is 0 Å². The third-order valence-electron chi connectivity index (χ3n) is 4.91. The van der Waals surface area contributed by atoms with Crippen LogP contribution in [0.2, 0.25) is 0 Å². The maximum absolute atomic E-state index is 11.7. The van der Waals surface area contributed by atoms with Crippen molar-refractivity contribution >= 4 is 39.1 Å². The second-order valence-corrected chi connectivity index (χ2v) is 9.07. The summed E-state index contributed by atoms with van der Waals surface area (Å²) in [4.78, 5) is -0.254. The lowest BCUT2D eigenvalue weighted by molar-refractivity contribution is -0.315. The molecule has 0 aliphatic carbocycles. The standard InChI is InChI=1S/C14H17BN2O6S2.H2O/c1-6-11-7(2)13(24(18,19)20)9(4)16(11)15-17-10(5)14(25(21,22)23)8(3)12(6)17;/h15H,1-5H3,(H-,18,19,20,21,22,23);1H2/p+1. The summed E-state index contributed by atoms with van der Waals surface area (Å²) in [7, 11) is -8.58. The largest absolute Gasteiger partial charge is 0.604 e. The molecule has 2 aliphatic heterocycles. The van der Waals surface area contributed by atoms with Crippen molar-refractivity contribution in [2.75, 3.05) is 0 Å². The maximum atomic E-state index is 11.7. The molecule has 0 radical (unpaired) electrons. The minimum atomic E-state index is -4.38. The van der Waals surface area contributed by atoms with Crippen molar-refractivity contribution in [3.8, 4) is 0 Å². The van der Waals surface area contributed by atoms with Gasteiger partial charge >= 0.3 is 17.7 Å². The molecule has 0 unspecified atom stereocenters. The second-order valence-electron chi connectivity index (χ2n) is 6.35. The van der Waals surface area contributed by atoms with Crippen molar-refractivity contribution in [2.45, 2.75) is 39.5 Å². The van der Waals surface area contributed by atoms with E-state index < -0.39 is 20.2 Å². The van der Waals surface area contributed by atoms with Gasteiger partial charge in [-0.1, -0.05) is 0 Å². The molecule has 3 rings (SSSR count). The van der Waals surface area contributed by atoms with Gasteiger partial charge in [-0.15, -0.1) is 0 Å². The molecule has 142 valence electrons. The van der Waals surface area contributed by atoms with E-state index in [0.29, 0.717) is 39.5 Å². The molecule has 0 atom stereocenters. The van der Waals surface area contributed by atoms with E-state index in [4.69, 9.17) is 0 Å². The molecule has 0 aromatic carbocycles. The van der Waals surface area contributed by atoms with E-state index in [2.05, 4.69) is 0 Å². The van der Waals surface area contributed by atoms with Crippen molar-refractivity contribution in [2.24, 2.45) is 0 Å². The first-order valence-electron chi connectivity index (χ1n) is 7.47. The van der Waals surface area contributed by atoms with Gasteiger partial charge in [0.25, 0.3) is 10.1 Å². The van der Waals surface area contributed by atoms with E-state index in [9.17, 15) is 25.9 Å². The average molecular weight is 403 g/mol. The third kappa shape index (κ3) is 2.60. The van der Waals surface area contributed by atoms with Crippen LogP contribution in [0, 0.1) is 13.8 Å². The molecule has 1 aromatic rings. The minimum Gasteiger partial charge on any atom is -0.412 e. The highest BCUT2D eigenvalue weighted by atomic mass is 32.2. The first-order valence-corrected chi connectivity index (χ1v) is 10.3. The molecule has 0 spiro atoms. The van der Waals surface area contributed by atoms with Crippen LogP contribution in [0.4, 0.5) is 0 Å². The minimum absolute atomic E-state index is 0. The summed E-state index contributed by atoms with van der Waals surface area (Å²) in [6.07, 6.45) is 0. The van der Waals surface area contributed by atoms with Crippen molar-refractivity contribution in [3.63, 3.8) is 0 Å². The van der Waals surface area contributed by atoms with E-state index in [-0.39, 0.29) is 22.8 Å². The van der Waals surface area contributed by atoms with Gasteiger partial charge in [0.05, 0.1) is 0 Å². The van der Waals surface area contributed by atoms with Crippen molar-refractivity contribution in [1.82, 2.24) is 4.48 Å². The van der Waals surface area contributed by atoms with Gasteiger partial charge in [0.2, 0.25) is 0 Å². The molecular formula is C14H20BN2O7S2+. The normalized spacial score (nSPS) is 17.2. The molecule has 0 saturated heterocycles. The van der Waals surface area contributed by atoms with Crippen LogP contribution < -0.4 is 0 Å². The molecule has 1 aromatic heterocycles. The monoisotopic (exact) mass is 403 g/mol. The number of rotatable bonds is 2. The van der Waals surface area contributed by atoms with Crippen LogP contribution in [0.25, 0.3) is 5.57 Å². The lowest BCUT2D eigenvalue weighted by atomic mass is 9.95. The van der Waals surface area contributed by atoms with Crippen LogP contribution in [0.15, 0.2) is 21.1 Å². The lowest BCUT2D eigenvalue weighted by Crippen LogP contribution is -2.32. The number of hydrogen-bond acceptors (Lipinski definition) is 4. The van der Waals surface area contributed by atoms with E-state index in [1.165, 1.54) is 0 Å². The smallest absolute Gasteiger partial charge is 0.412 e. The van der Waals surface area contributed by atoms with Crippen molar-refractivity contribution in [3.05, 3.63) is 33.1 Å². The highest BCUT2D eigenvalue weighted by Gasteiger charge is 2.45. The Morgan fingerprint density at radius 2 is 1.46 bits per heavy atom. The number of aromatic nitrogens is 1. The molecular weight excluding hydrogens is 383 g/mol. The summed E-state index contributed by atoms with van der Waals surface area (Å²) >= 11 is 0. The first-order chi connectivity index (χ1) is 11.3. The van der Waals surface area contributed by atoms with Crippen LogP contribution in [0.3, 0.4) is 0 Å². The fourth-order valence-corrected chi connectivity index (χ4v) is 6.01. The molecule has 4 N–H and O–H groups in total. The van der Waals surface area contributed by atoms with Gasteiger partial charge in [-0.05, 0) is 33.3 Å². The summed E-state index contributed by atoms with van der Waals surface area (Å²) in [5, 5.41) is 0. The number of fused-ring (bicyclic) bond motifs is 2. The second kappa shape index (κ2) is 5.89. The van der Waals surface area contributed by atoms with Crippen LogP contribution in [-0.4, -0.2) is 53.6 Å². The predicted octanol–water partition coefficient (Wildman–Crippen LogP) is 0.0349. The zero-order valence-corrected chi connectivity index (χ0v) is 16.6. The Labute approximate surface area is 152 Å². The number of allylic oxidation sites excluding steroid dienone is 3. The van der Waals surface area contributed by atoms with Gasteiger partial charge in [-0.2, -0.15) is 16.8 Å². The summed E-state index contributed by atoms with van der Waals surface area (Å²) < 4.78 is 69.5. The number of hydrogen-bond donors (Lipinski definition) is 2. The molecule has 9 nitrogen and oxygen atoms in total. The molecule has 12 heteroatoms. The van der Waals surface area contributed by atoms with E-state index in [0.717, 1.165) is 0 Å². The Kier molecular flexibility index (Phi) is 4.66. The Bertz CT molecular complexity index is 1150. The fraction of sp³-hybridized carbons (Fsp3) is 0.357. The SMILES string of the molecule is CC1=C(S(=O)(=O)O)C(C)=[N+]2Bn3c(C)c(S(=O)(=O)O)c(C)c3C(C)=C12.O. The van der Waals surface area contributed by atoms with Crippen LogP contribution in [0.1, 0.15) is 37.7 Å². The van der Waals surface area contributed by atoms with Crippen LogP contribution in [-0.2, 0) is 20.2 Å². The van der Waals surface area contributed by atoms with Gasteiger partial charge in [0.15, 0.2) is 16.3 Å². The quantitative estimate of drug-likeness (QED) is 0.526. The van der Waals surface area contributed by atoms with E-state index in [1.54, 1.807) is 43.6 Å². The first kappa shape index (κ1) is 20.6.